The third-order valence-corrected chi connectivity index (χ3v) is 3.16. The van der Waals surface area contributed by atoms with Crippen molar-refractivity contribution in [3.05, 3.63) is 71.3 Å². The van der Waals surface area contributed by atoms with Crippen molar-refractivity contribution in [3.63, 3.8) is 0 Å². The maximum Gasteiger partial charge on any atom is 0.0291 e. The molecule has 0 bridgehead atoms. The zero-order chi connectivity index (χ0) is 12.8. The number of nitrogens with two attached hydrogens (primary N) is 1. The lowest BCUT2D eigenvalue weighted by Gasteiger charge is -2.16. The Balaban J connectivity index is 1.99. The number of aryl methyl sites for hydroxylation is 1. The second-order valence-corrected chi connectivity index (χ2v) is 4.74. The molecule has 0 spiro atoms. The van der Waals surface area contributed by atoms with Crippen molar-refractivity contribution < 1.29 is 0 Å². The molecule has 3 N–H and O–H groups in total. The minimum Gasteiger partial charge on any atom is -0.271 e. The third-order valence-electron chi connectivity index (χ3n) is 3.16. The Morgan fingerprint density at radius 3 is 2.00 bits per heavy atom. The fourth-order valence-electron chi connectivity index (χ4n) is 2.10. The lowest BCUT2D eigenvalue weighted by atomic mass is 9.99. The smallest absolute Gasteiger partial charge is 0.0291 e. The molecular formula is C16H20N2. The highest BCUT2D eigenvalue weighted by Crippen LogP contribution is 2.10. The van der Waals surface area contributed by atoms with Crippen LogP contribution in [-0.2, 0) is 12.8 Å². The van der Waals surface area contributed by atoms with Crippen molar-refractivity contribution in [1.82, 2.24) is 5.43 Å². The van der Waals surface area contributed by atoms with Crippen LogP contribution >= 0.6 is 0 Å². The number of hydrogen-bond donors (Lipinski definition) is 2. The fourth-order valence-corrected chi connectivity index (χ4v) is 2.10. The van der Waals surface area contributed by atoms with Gasteiger partial charge in [-0.2, -0.15) is 0 Å². The summed E-state index contributed by atoms with van der Waals surface area (Å²) in [6.45, 7) is 2.10. The summed E-state index contributed by atoms with van der Waals surface area (Å²) >= 11 is 0. The van der Waals surface area contributed by atoms with Crippen LogP contribution in [-0.4, -0.2) is 6.04 Å². The molecule has 94 valence electrons. The van der Waals surface area contributed by atoms with Crippen molar-refractivity contribution in [2.45, 2.75) is 25.8 Å². The van der Waals surface area contributed by atoms with Crippen LogP contribution in [0.5, 0.6) is 0 Å². The van der Waals surface area contributed by atoms with E-state index in [1.54, 1.807) is 0 Å². The van der Waals surface area contributed by atoms with Crippen LogP contribution in [0, 0.1) is 6.92 Å². The molecule has 0 aliphatic heterocycles. The standard InChI is InChI=1S/C16H20N2/c1-13-7-9-15(10-8-13)12-16(18-17)11-14-5-3-2-4-6-14/h2-10,16,18H,11-12,17H2,1H3. The number of rotatable bonds is 5. The van der Waals surface area contributed by atoms with E-state index < -0.39 is 0 Å². The van der Waals surface area contributed by atoms with Gasteiger partial charge in [-0.25, -0.2) is 0 Å². The molecule has 0 saturated carbocycles. The van der Waals surface area contributed by atoms with Gasteiger partial charge in [-0.05, 0) is 30.9 Å². The van der Waals surface area contributed by atoms with Gasteiger partial charge in [0.25, 0.3) is 0 Å². The minimum atomic E-state index is 0.273. The highest BCUT2D eigenvalue weighted by molar-refractivity contribution is 5.23. The molecule has 0 saturated heterocycles. The van der Waals surface area contributed by atoms with E-state index in [2.05, 4.69) is 60.9 Å². The van der Waals surface area contributed by atoms with Crippen LogP contribution in [0.1, 0.15) is 16.7 Å². The van der Waals surface area contributed by atoms with Crippen LogP contribution in [0.3, 0.4) is 0 Å². The summed E-state index contributed by atoms with van der Waals surface area (Å²) < 4.78 is 0. The third kappa shape index (κ3) is 3.69. The number of hydrazine groups is 1. The summed E-state index contributed by atoms with van der Waals surface area (Å²) in [7, 11) is 0. The summed E-state index contributed by atoms with van der Waals surface area (Å²) in [5.41, 5.74) is 6.84. The molecule has 0 aliphatic rings. The molecule has 2 aromatic carbocycles. The molecule has 2 nitrogen and oxygen atoms in total. The van der Waals surface area contributed by atoms with Gasteiger partial charge in [-0.3, -0.25) is 11.3 Å². The van der Waals surface area contributed by atoms with Gasteiger partial charge >= 0.3 is 0 Å². The number of hydrogen-bond acceptors (Lipinski definition) is 2. The summed E-state index contributed by atoms with van der Waals surface area (Å²) in [4.78, 5) is 0. The maximum absolute atomic E-state index is 5.65. The highest BCUT2D eigenvalue weighted by atomic mass is 15.2. The van der Waals surface area contributed by atoms with Crippen LogP contribution in [0.25, 0.3) is 0 Å². The van der Waals surface area contributed by atoms with E-state index in [9.17, 15) is 0 Å². The van der Waals surface area contributed by atoms with Gasteiger partial charge in [0.2, 0.25) is 0 Å². The average molecular weight is 240 g/mol. The topological polar surface area (TPSA) is 38.0 Å². The predicted molar refractivity (Wildman–Crippen MR) is 76.1 cm³/mol. The molecule has 18 heavy (non-hydrogen) atoms. The first-order valence-electron chi connectivity index (χ1n) is 6.33. The normalized spacial score (nSPS) is 12.3. The second kappa shape index (κ2) is 6.34. The van der Waals surface area contributed by atoms with Gasteiger partial charge in [0.1, 0.15) is 0 Å². The zero-order valence-electron chi connectivity index (χ0n) is 10.8. The van der Waals surface area contributed by atoms with E-state index in [4.69, 9.17) is 5.84 Å². The summed E-state index contributed by atoms with van der Waals surface area (Å²) in [5.74, 6) is 5.65. The zero-order valence-corrected chi connectivity index (χ0v) is 10.8. The summed E-state index contributed by atoms with van der Waals surface area (Å²) in [6, 6.07) is 19.3. The Morgan fingerprint density at radius 2 is 1.44 bits per heavy atom. The van der Waals surface area contributed by atoms with Crippen LogP contribution in [0.15, 0.2) is 54.6 Å². The highest BCUT2D eigenvalue weighted by Gasteiger charge is 2.08. The van der Waals surface area contributed by atoms with E-state index in [1.165, 1.54) is 16.7 Å². The molecular weight excluding hydrogens is 220 g/mol. The molecule has 1 atom stereocenters. The summed E-state index contributed by atoms with van der Waals surface area (Å²) in [5, 5.41) is 0. The van der Waals surface area contributed by atoms with Gasteiger partial charge in [0.05, 0.1) is 0 Å². The number of benzene rings is 2. The number of nitrogens with one attached hydrogen (secondary N) is 1. The molecule has 2 rings (SSSR count). The lowest BCUT2D eigenvalue weighted by Crippen LogP contribution is -2.38. The van der Waals surface area contributed by atoms with Gasteiger partial charge in [-0.15, -0.1) is 0 Å². The molecule has 0 heterocycles. The van der Waals surface area contributed by atoms with Crippen molar-refractivity contribution in [2.75, 3.05) is 0 Å². The SMILES string of the molecule is Cc1ccc(CC(Cc2ccccc2)NN)cc1. The second-order valence-electron chi connectivity index (χ2n) is 4.74. The van der Waals surface area contributed by atoms with Crippen molar-refractivity contribution in [3.8, 4) is 0 Å². The van der Waals surface area contributed by atoms with Gasteiger partial charge in [-0.1, -0.05) is 60.2 Å². The van der Waals surface area contributed by atoms with E-state index >= 15 is 0 Å². The first-order valence-corrected chi connectivity index (χ1v) is 6.33. The molecule has 0 fully saturated rings. The van der Waals surface area contributed by atoms with E-state index in [1.807, 2.05) is 6.07 Å². The summed E-state index contributed by atoms with van der Waals surface area (Å²) in [6.07, 6.45) is 1.90. The largest absolute Gasteiger partial charge is 0.271 e. The van der Waals surface area contributed by atoms with Gasteiger partial charge in [0, 0.05) is 6.04 Å². The van der Waals surface area contributed by atoms with Crippen LogP contribution < -0.4 is 11.3 Å². The predicted octanol–water partition coefficient (Wildman–Crippen LogP) is 2.61. The van der Waals surface area contributed by atoms with Gasteiger partial charge in [0.15, 0.2) is 0 Å². The maximum atomic E-state index is 5.65. The molecule has 1 unspecified atom stereocenters. The monoisotopic (exact) mass is 240 g/mol. The van der Waals surface area contributed by atoms with Crippen molar-refractivity contribution in [2.24, 2.45) is 5.84 Å². The lowest BCUT2D eigenvalue weighted by molar-refractivity contribution is 0.522. The first-order chi connectivity index (χ1) is 8.78. The van der Waals surface area contributed by atoms with Crippen molar-refractivity contribution in [1.29, 1.82) is 0 Å². The Hall–Kier alpha value is -1.64. The molecule has 0 amide bonds. The van der Waals surface area contributed by atoms with Crippen molar-refractivity contribution >= 4 is 0 Å². The molecule has 2 heteroatoms. The molecule has 0 aromatic heterocycles. The van der Waals surface area contributed by atoms with E-state index in [0.717, 1.165) is 12.8 Å². The van der Waals surface area contributed by atoms with Crippen LogP contribution in [0.4, 0.5) is 0 Å². The molecule has 0 radical (unpaired) electrons. The Kier molecular flexibility index (Phi) is 4.51. The quantitative estimate of drug-likeness (QED) is 0.623. The van der Waals surface area contributed by atoms with E-state index in [0.29, 0.717) is 0 Å². The molecule has 2 aromatic rings. The minimum absolute atomic E-state index is 0.273. The Labute approximate surface area is 109 Å². The molecule has 0 aliphatic carbocycles. The van der Waals surface area contributed by atoms with Crippen LogP contribution in [0.2, 0.25) is 0 Å². The van der Waals surface area contributed by atoms with Gasteiger partial charge < -0.3 is 0 Å². The Morgan fingerprint density at radius 1 is 0.889 bits per heavy atom. The van der Waals surface area contributed by atoms with E-state index in [-0.39, 0.29) is 6.04 Å². The first kappa shape index (κ1) is 12.8. The Bertz CT molecular complexity index is 462. The average Bonchev–Trinajstić information content (AvgIpc) is 2.41. The fraction of sp³-hybridized carbons (Fsp3) is 0.250.